The van der Waals surface area contributed by atoms with E-state index in [2.05, 4.69) is 27.4 Å². The first-order valence-corrected chi connectivity index (χ1v) is 7.45. The van der Waals surface area contributed by atoms with Crippen molar-refractivity contribution in [3.05, 3.63) is 30.0 Å². The number of hydrogen-bond donors (Lipinski definition) is 1. The van der Waals surface area contributed by atoms with Crippen LogP contribution in [0.2, 0.25) is 0 Å². The minimum absolute atomic E-state index is 0.321. The lowest BCUT2D eigenvalue weighted by Gasteiger charge is -2.26. The van der Waals surface area contributed by atoms with E-state index >= 15 is 0 Å². The van der Waals surface area contributed by atoms with Crippen molar-refractivity contribution in [3.8, 4) is 11.5 Å². The van der Waals surface area contributed by atoms with Gasteiger partial charge in [-0.3, -0.25) is 0 Å². The van der Waals surface area contributed by atoms with Gasteiger partial charge in [-0.2, -0.15) is 4.98 Å². The molecular formula is C15H19FN4O. The van der Waals surface area contributed by atoms with Gasteiger partial charge < -0.3 is 9.84 Å². The van der Waals surface area contributed by atoms with Crippen LogP contribution in [-0.2, 0) is 0 Å². The van der Waals surface area contributed by atoms with E-state index in [1.807, 2.05) is 0 Å². The van der Waals surface area contributed by atoms with E-state index in [4.69, 9.17) is 4.52 Å². The topological polar surface area (TPSA) is 63.8 Å². The van der Waals surface area contributed by atoms with Crippen LogP contribution in [0.25, 0.3) is 11.5 Å². The Labute approximate surface area is 123 Å². The van der Waals surface area contributed by atoms with Gasteiger partial charge in [-0.25, -0.2) is 9.37 Å². The van der Waals surface area contributed by atoms with Crippen LogP contribution >= 0.6 is 0 Å². The Bertz CT molecular complexity index is 576. The van der Waals surface area contributed by atoms with E-state index in [-0.39, 0.29) is 5.82 Å². The van der Waals surface area contributed by atoms with Gasteiger partial charge in [0.25, 0.3) is 0 Å². The fraction of sp³-hybridized carbons (Fsp3) is 0.533. The summed E-state index contributed by atoms with van der Waals surface area (Å²) < 4.78 is 18.2. The highest BCUT2D eigenvalue weighted by Crippen LogP contribution is 2.32. The third-order valence-electron chi connectivity index (χ3n) is 3.97. The minimum Gasteiger partial charge on any atom is -0.339 e. The highest BCUT2D eigenvalue weighted by molar-refractivity contribution is 5.47. The second-order valence-electron chi connectivity index (χ2n) is 5.42. The average molecular weight is 290 g/mol. The highest BCUT2D eigenvalue weighted by Gasteiger charge is 2.26. The molecule has 0 unspecified atom stereocenters. The molecule has 0 spiro atoms. The maximum atomic E-state index is 12.9. The van der Waals surface area contributed by atoms with Crippen LogP contribution in [0.3, 0.4) is 0 Å². The predicted octanol–water partition coefficient (Wildman–Crippen LogP) is 2.91. The molecule has 112 valence electrons. The van der Waals surface area contributed by atoms with Crippen molar-refractivity contribution in [2.24, 2.45) is 0 Å². The van der Waals surface area contributed by atoms with Crippen LogP contribution in [0.4, 0.5) is 4.39 Å². The van der Waals surface area contributed by atoms with Crippen molar-refractivity contribution in [1.82, 2.24) is 20.4 Å². The zero-order chi connectivity index (χ0) is 14.7. The Morgan fingerprint density at radius 2 is 2.10 bits per heavy atom. The summed E-state index contributed by atoms with van der Waals surface area (Å²) in [6.07, 6.45) is 5.52. The molecule has 2 aromatic rings. The number of hydrogen-bond acceptors (Lipinski definition) is 5. The van der Waals surface area contributed by atoms with Gasteiger partial charge in [-0.05, 0) is 44.4 Å². The molecule has 21 heavy (non-hydrogen) atoms. The number of nitrogens with one attached hydrogen (secondary N) is 1. The summed E-state index contributed by atoms with van der Waals surface area (Å²) in [6, 6.07) is 3.51. The second-order valence-corrected chi connectivity index (χ2v) is 5.42. The minimum atomic E-state index is -0.371. The van der Waals surface area contributed by atoms with Crippen molar-refractivity contribution in [1.29, 1.82) is 0 Å². The van der Waals surface area contributed by atoms with Crippen LogP contribution in [0.15, 0.2) is 22.9 Å². The summed E-state index contributed by atoms with van der Waals surface area (Å²) in [7, 11) is 0. The Morgan fingerprint density at radius 3 is 2.76 bits per heavy atom. The van der Waals surface area contributed by atoms with Crippen molar-refractivity contribution in [2.75, 3.05) is 6.54 Å². The molecule has 1 N–H and O–H groups in total. The highest BCUT2D eigenvalue weighted by atomic mass is 19.1. The average Bonchev–Trinajstić information content (AvgIpc) is 2.99. The Balaban J connectivity index is 1.67. The quantitative estimate of drug-likeness (QED) is 0.938. The number of pyridine rings is 1. The molecule has 0 amide bonds. The number of aromatic nitrogens is 3. The van der Waals surface area contributed by atoms with Gasteiger partial charge in [-0.1, -0.05) is 12.1 Å². The normalized spacial score (nSPS) is 22.4. The van der Waals surface area contributed by atoms with Crippen molar-refractivity contribution in [2.45, 2.75) is 44.6 Å². The zero-order valence-electron chi connectivity index (χ0n) is 12.1. The SMILES string of the molecule is CCNC1CCC(c2nc(-c3ccc(F)cn3)no2)CC1. The monoisotopic (exact) mass is 290 g/mol. The van der Waals surface area contributed by atoms with E-state index in [1.54, 1.807) is 6.07 Å². The molecule has 0 saturated heterocycles. The first kappa shape index (κ1) is 14.1. The predicted molar refractivity (Wildman–Crippen MR) is 76.2 cm³/mol. The largest absolute Gasteiger partial charge is 0.339 e. The molecule has 0 aliphatic heterocycles. The summed E-state index contributed by atoms with van der Waals surface area (Å²) in [5.74, 6) is 1.05. The molecule has 1 aliphatic rings. The molecule has 6 heteroatoms. The standard InChI is InChI=1S/C15H19FN4O/c1-2-17-12-6-3-10(4-7-12)15-19-14(20-21-15)13-8-5-11(16)9-18-13/h5,8-10,12,17H,2-4,6-7H2,1H3. The lowest BCUT2D eigenvalue weighted by molar-refractivity contribution is 0.284. The van der Waals surface area contributed by atoms with Crippen LogP contribution in [0, 0.1) is 5.82 Å². The van der Waals surface area contributed by atoms with E-state index in [0.717, 1.165) is 38.4 Å². The maximum absolute atomic E-state index is 12.9. The van der Waals surface area contributed by atoms with Gasteiger partial charge >= 0.3 is 0 Å². The molecule has 2 heterocycles. The van der Waals surface area contributed by atoms with Gasteiger partial charge in [0.15, 0.2) is 0 Å². The fourth-order valence-corrected chi connectivity index (χ4v) is 2.85. The molecule has 0 atom stereocenters. The molecule has 0 radical (unpaired) electrons. The summed E-state index contributed by atoms with van der Waals surface area (Å²) in [5.41, 5.74) is 0.535. The summed E-state index contributed by atoms with van der Waals surface area (Å²) >= 11 is 0. The van der Waals surface area contributed by atoms with Crippen molar-refractivity contribution in [3.63, 3.8) is 0 Å². The number of halogens is 1. The Hall–Kier alpha value is -1.82. The first-order valence-electron chi connectivity index (χ1n) is 7.45. The lowest BCUT2D eigenvalue weighted by atomic mass is 9.86. The number of rotatable bonds is 4. The van der Waals surface area contributed by atoms with Gasteiger partial charge in [0, 0.05) is 12.0 Å². The Morgan fingerprint density at radius 1 is 1.29 bits per heavy atom. The molecule has 5 nitrogen and oxygen atoms in total. The molecule has 1 saturated carbocycles. The van der Waals surface area contributed by atoms with Crippen LogP contribution < -0.4 is 5.32 Å². The summed E-state index contributed by atoms with van der Waals surface area (Å²) in [4.78, 5) is 8.40. The molecule has 2 aromatic heterocycles. The lowest BCUT2D eigenvalue weighted by Crippen LogP contribution is -2.32. The summed E-state index contributed by atoms with van der Waals surface area (Å²) in [6.45, 7) is 3.14. The van der Waals surface area contributed by atoms with Crippen LogP contribution in [0.5, 0.6) is 0 Å². The third-order valence-corrected chi connectivity index (χ3v) is 3.97. The molecule has 1 fully saturated rings. The van der Waals surface area contributed by atoms with E-state index in [1.165, 1.54) is 6.07 Å². The zero-order valence-corrected chi connectivity index (χ0v) is 12.1. The van der Waals surface area contributed by atoms with Crippen molar-refractivity contribution < 1.29 is 8.91 Å². The van der Waals surface area contributed by atoms with E-state index in [9.17, 15) is 4.39 Å². The molecule has 0 aromatic carbocycles. The van der Waals surface area contributed by atoms with Gasteiger partial charge in [0.1, 0.15) is 11.5 Å². The first-order chi connectivity index (χ1) is 10.3. The molecular weight excluding hydrogens is 271 g/mol. The van der Waals surface area contributed by atoms with Gasteiger partial charge in [0.2, 0.25) is 11.7 Å². The molecule has 3 rings (SSSR count). The van der Waals surface area contributed by atoms with Gasteiger partial charge in [-0.15, -0.1) is 0 Å². The Kier molecular flexibility index (Phi) is 4.24. The smallest absolute Gasteiger partial charge is 0.230 e. The fourth-order valence-electron chi connectivity index (χ4n) is 2.85. The second kappa shape index (κ2) is 6.30. The maximum Gasteiger partial charge on any atom is 0.230 e. The van der Waals surface area contributed by atoms with E-state index < -0.39 is 0 Å². The van der Waals surface area contributed by atoms with Crippen LogP contribution in [-0.4, -0.2) is 27.7 Å². The van der Waals surface area contributed by atoms with Crippen LogP contribution in [0.1, 0.15) is 44.4 Å². The van der Waals surface area contributed by atoms with Gasteiger partial charge in [0.05, 0.1) is 6.20 Å². The third kappa shape index (κ3) is 3.26. The van der Waals surface area contributed by atoms with E-state index in [0.29, 0.717) is 29.4 Å². The molecule has 1 aliphatic carbocycles. The molecule has 0 bridgehead atoms. The number of nitrogens with zero attached hydrogens (tertiary/aromatic N) is 3. The summed E-state index contributed by atoms with van der Waals surface area (Å²) in [5, 5.41) is 7.44. The van der Waals surface area contributed by atoms with Crippen molar-refractivity contribution >= 4 is 0 Å².